The number of anilines is 1. The molecule has 242 valence electrons. The highest BCUT2D eigenvalue weighted by Crippen LogP contribution is 2.35. The van der Waals surface area contributed by atoms with Crippen molar-refractivity contribution in [1.82, 2.24) is 9.80 Å². The van der Waals surface area contributed by atoms with E-state index in [1.165, 1.54) is 6.07 Å². The minimum atomic E-state index is -1.45. The monoisotopic (exact) mass is 605 g/mol. The zero-order valence-electron chi connectivity index (χ0n) is 28.0. The molecule has 1 N–H and O–H groups in total. The molecule has 1 aromatic rings. The molecule has 0 aliphatic carbocycles. The lowest BCUT2D eigenvalue weighted by Gasteiger charge is -2.43. The van der Waals surface area contributed by atoms with Crippen molar-refractivity contribution in [3.8, 4) is 0 Å². The lowest BCUT2D eigenvalue weighted by Crippen LogP contribution is -2.53. The number of ether oxygens (including phenoxy) is 3. The van der Waals surface area contributed by atoms with Gasteiger partial charge in [0.05, 0.1) is 0 Å². The van der Waals surface area contributed by atoms with Crippen molar-refractivity contribution >= 4 is 23.7 Å². The summed E-state index contributed by atoms with van der Waals surface area (Å²) in [6.07, 6.45) is 2.17. The van der Waals surface area contributed by atoms with E-state index in [1.54, 1.807) is 59.4 Å². The van der Waals surface area contributed by atoms with Gasteiger partial charge in [-0.2, -0.15) is 0 Å². The first kappa shape index (κ1) is 34.6. The van der Waals surface area contributed by atoms with Gasteiger partial charge in [0.2, 0.25) is 0 Å². The van der Waals surface area contributed by atoms with Crippen LogP contribution in [0.2, 0.25) is 0 Å². The van der Waals surface area contributed by atoms with Gasteiger partial charge in [-0.3, -0.25) is 14.5 Å². The molecule has 43 heavy (non-hydrogen) atoms. The molecule has 0 bridgehead atoms. The average molecular weight is 606 g/mol. The van der Waals surface area contributed by atoms with Gasteiger partial charge in [-0.25, -0.2) is 9.18 Å². The molecule has 9 nitrogen and oxygen atoms in total. The third-order valence-corrected chi connectivity index (χ3v) is 7.65. The van der Waals surface area contributed by atoms with Gasteiger partial charge in [-0.15, -0.1) is 0 Å². The Morgan fingerprint density at radius 2 is 1.40 bits per heavy atom. The largest absolute Gasteiger partial charge is 0.459 e. The van der Waals surface area contributed by atoms with Crippen LogP contribution in [0.4, 0.5) is 14.9 Å². The summed E-state index contributed by atoms with van der Waals surface area (Å²) in [4.78, 5) is 43.6. The molecule has 1 unspecified atom stereocenters. The lowest BCUT2D eigenvalue weighted by atomic mass is 9.92. The first-order valence-electron chi connectivity index (χ1n) is 15.3. The number of benzene rings is 1. The second-order valence-electron chi connectivity index (χ2n) is 15.2. The fraction of sp³-hybridized carbons (Fsp3) is 0.727. The van der Waals surface area contributed by atoms with E-state index < -0.39 is 40.5 Å². The number of carbonyl (C=O) groups excluding carboxylic acids is 3. The standard InChI is InChI=1S/C33H52FN3O6/c1-21-18-25(23(19-24(21)34)26(27(38)41-30(2,3)4)28(39)42-31(5,6)7)35-22-12-15-37(16-13-22)33(11)14-17-36(20-33)29(40)43-32(8,9)10/h18-19,22,26,35H,12-17,20H2,1-11H3. The number of rotatable bonds is 6. The molecule has 2 fully saturated rings. The van der Waals surface area contributed by atoms with Gasteiger partial charge in [0, 0.05) is 49.0 Å². The van der Waals surface area contributed by atoms with Crippen LogP contribution in [-0.4, -0.2) is 82.4 Å². The lowest BCUT2D eigenvalue weighted by molar-refractivity contribution is -0.169. The maximum atomic E-state index is 15.0. The number of amides is 1. The van der Waals surface area contributed by atoms with E-state index in [4.69, 9.17) is 14.2 Å². The van der Waals surface area contributed by atoms with E-state index in [0.29, 0.717) is 24.3 Å². The Balaban J connectivity index is 1.78. The van der Waals surface area contributed by atoms with Crippen molar-refractivity contribution in [3.63, 3.8) is 0 Å². The summed E-state index contributed by atoms with van der Waals surface area (Å²) >= 11 is 0. The number of carbonyl (C=O) groups is 3. The fourth-order valence-corrected chi connectivity index (χ4v) is 5.60. The molecule has 2 aliphatic heterocycles. The van der Waals surface area contributed by atoms with Crippen molar-refractivity contribution in [1.29, 1.82) is 0 Å². The second kappa shape index (κ2) is 12.6. The number of nitrogens with zero attached hydrogens (tertiary/aromatic N) is 2. The summed E-state index contributed by atoms with van der Waals surface area (Å²) < 4.78 is 31.8. The average Bonchev–Trinajstić information content (AvgIpc) is 3.23. The van der Waals surface area contributed by atoms with E-state index in [1.807, 2.05) is 20.8 Å². The van der Waals surface area contributed by atoms with E-state index in [-0.39, 0.29) is 23.2 Å². The van der Waals surface area contributed by atoms with Crippen molar-refractivity contribution in [2.45, 2.75) is 130 Å². The maximum absolute atomic E-state index is 15.0. The summed E-state index contributed by atoms with van der Waals surface area (Å²) in [5.41, 5.74) is -1.28. The Bertz CT molecular complexity index is 1160. The molecule has 2 heterocycles. The molecule has 0 saturated carbocycles. The van der Waals surface area contributed by atoms with E-state index in [2.05, 4.69) is 17.1 Å². The zero-order chi connectivity index (χ0) is 32.5. The van der Waals surface area contributed by atoms with Crippen LogP contribution in [0.25, 0.3) is 0 Å². The fourth-order valence-electron chi connectivity index (χ4n) is 5.60. The highest BCUT2D eigenvalue weighted by Gasteiger charge is 2.43. The van der Waals surface area contributed by atoms with E-state index in [0.717, 1.165) is 32.4 Å². The number of esters is 2. The Morgan fingerprint density at radius 1 is 0.884 bits per heavy atom. The van der Waals surface area contributed by atoms with Gasteiger partial charge in [0.15, 0.2) is 5.92 Å². The minimum absolute atomic E-state index is 0.0322. The number of likely N-dealkylation sites (tertiary alicyclic amines) is 2. The quantitative estimate of drug-likeness (QED) is 0.233. The maximum Gasteiger partial charge on any atom is 0.410 e. The summed E-state index contributed by atoms with van der Waals surface area (Å²) in [6.45, 7) is 22.6. The highest BCUT2D eigenvalue weighted by molar-refractivity contribution is 6.02. The van der Waals surface area contributed by atoms with Crippen molar-refractivity contribution in [2.75, 3.05) is 31.5 Å². The van der Waals surface area contributed by atoms with Crippen LogP contribution in [0, 0.1) is 12.7 Å². The Kier molecular flexibility index (Phi) is 10.2. The Hall–Kier alpha value is -2.88. The van der Waals surface area contributed by atoms with Crippen LogP contribution >= 0.6 is 0 Å². The number of piperidine rings is 1. The molecule has 2 aliphatic rings. The van der Waals surface area contributed by atoms with Gasteiger partial charge in [0.25, 0.3) is 0 Å². The van der Waals surface area contributed by atoms with Gasteiger partial charge in [0.1, 0.15) is 22.6 Å². The molecule has 0 aromatic heterocycles. The molecule has 1 atom stereocenters. The minimum Gasteiger partial charge on any atom is -0.459 e. The summed E-state index contributed by atoms with van der Waals surface area (Å²) in [5, 5.41) is 3.52. The normalized spacial score (nSPS) is 20.7. The van der Waals surface area contributed by atoms with E-state index in [9.17, 15) is 18.8 Å². The van der Waals surface area contributed by atoms with Crippen LogP contribution in [0.15, 0.2) is 12.1 Å². The van der Waals surface area contributed by atoms with Crippen LogP contribution in [0.3, 0.4) is 0 Å². The predicted octanol–water partition coefficient (Wildman–Crippen LogP) is 6.18. The van der Waals surface area contributed by atoms with Crippen molar-refractivity contribution < 1.29 is 33.0 Å². The third-order valence-electron chi connectivity index (χ3n) is 7.65. The van der Waals surface area contributed by atoms with Crippen LogP contribution in [0.5, 0.6) is 0 Å². The van der Waals surface area contributed by atoms with E-state index >= 15 is 0 Å². The van der Waals surface area contributed by atoms with Crippen molar-refractivity contribution in [2.24, 2.45) is 0 Å². The number of hydrogen-bond donors (Lipinski definition) is 1. The molecule has 2 saturated heterocycles. The Labute approximate surface area is 256 Å². The molecular weight excluding hydrogens is 553 g/mol. The van der Waals surface area contributed by atoms with Crippen LogP contribution in [0.1, 0.15) is 106 Å². The van der Waals surface area contributed by atoms with Crippen molar-refractivity contribution in [3.05, 3.63) is 29.1 Å². The molecule has 10 heteroatoms. The topological polar surface area (TPSA) is 97.4 Å². The number of hydrogen-bond acceptors (Lipinski definition) is 8. The molecular formula is C33H52FN3O6. The first-order chi connectivity index (χ1) is 19.6. The third kappa shape index (κ3) is 9.55. The molecule has 0 spiro atoms. The van der Waals surface area contributed by atoms with Gasteiger partial charge >= 0.3 is 18.0 Å². The van der Waals surface area contributed by atoms with Gasteiger partial charge in [-0.1, -0.05) is 0 Å². The van der Waals surface area contributed by atoms with Gasteiger partial charge in [-0.05, 0) is 113 Å². The molecule has 3 rings (SSSR count). The second-order valence-corrected chi connectivity index (χ2v) is 15.2. The molecule has 0 radical (unpaired) electrons. The molecule has 1 amide bonds. The van der Waals surface area contributed by atoms with Crippen LogP contribution in [-0.2, 0) is 23.8 Å². The first-order valence-corrected chi connectivity index (χ1v) is 15.3. The number of aryl methyl sites for hydroxylation is 1. The Morgan fingerprint density at radius 3 is 1.88 bits per heavy atom. The van der Waals surface area contributed by atoms with Crippen LogP contribution < -0.4 is 5.32 Å². The molecule has 1 aromatic carbocycles. The summed E-state index contributed by atoms with van der Waals surface area (Å²) in [7, 11) is 0. The number of nitrogens with one attached hydrogen (secondary N) is 1. The summed E-state index contributed by atoms with van der Waals surface area (Å²) in [5.74, 6) is -3.54. The SMILES string of the molecule is Cc1cc(NC2CCN(C3(C)CCN(C(=O)OC(C)(C)C)C3)CC2)c(C(C(=O)OC(C)(C)C)C(=O)OC(C)(C)C)cc1F. The van der Waals surface area contributed by atoms with Gasteiger partial charge < -0.3 is 24.4 Å². The predicted molar refractivity (Wildman–Crippen MR) is 165 cm³/mol. The number of halogens is 1. The summed E-state index contributed by atoms with van der Waals surface area (Å²) in [6, 6.07) is 2.93. The smallest absolute Gasteiger partial charge is 0.410 e. The zero-order valence-corrected chi connectivity index (χ0v) is 28.0. The highest BCUT2D eigenvalue weighted by atomic mass is 19.1.